The Hall–Kier alpha value is -1.03. The SMILES string of the molecule is CC(C)(C)NCc1coc(NC2CC2)n1. The lowest BCUT2D eigenvalue weighted by Gasteiger charge is -2.19. The van der Waals surface area contributed by atoms with Crippen molar-refractivity contribution in [2.24, 2.45) is 0 Å². The molecule has 0 atom stereocenters. The van der Waals surface area contributed by atoms with Gasteiger partial charge in [0.05, 0.1) is 5.69 Å². The molecule has 0 aliphatic heterocycles. The number of hydrogen-bond donors (Lipinski definition) is 2. The van der Waals surface area contributed by atoms with Crippen molar-refractivity contribution in [3.63, 3.8) is 0 Å². The van der Waals surface area contributed by atoms with Gasteiger partial charge in [0.1, 0.15) is 6.26 Å². The van der Waals surface area contributed by atoms with Crippen molar-refractivity contribution >= 4 is 6.01 Å². The van der Waals surface area contributed by atoms with E-state index in [0.717, 1.165) is 12.2 Å². The van der Waals surface area contributed by atoms with Gasteiger partial charge in [-0.1, -0.05) is 0 Å². The van der Waals surface area contributed by atoms with Crippen LogP contribution in [0, 0.1) is 0 Å². The second-order valence-corrected chi connectivity index (χ2v) is 5.17. The molecule has 1 saturated carbocycles. The van der Waals surface area contributed by atoms with Gasteiger partial charge in [-0.15, -0.1) is 0 Å². The highest BCUT2D eigenvalue weighted by molar-refractivity contribution is 5.25. The van der Waals surface area contributed by atoms with Crippen molar-refractivity contribution in [2.75, 3.05) is 5.32 Å². The third kappa shape index (κ3) is 3.55. The van der Waals surface area contributed by atoms with E-state index in [0.29, 0.717) is 12.1 Å². The molecule has 1 heterocycles. The lowest BCUT2D eigenvalue weighted by atomic mass is 10.1. The van der Waals surface area contributed by atoms with E-state index < -0.39 is 0 Å². The fourth-order valence-corrected chi connectivity index (χ4v) is 1.21. The van der Waals surface area contributed by atoms with Crippen molar-refractivity contribution in [1.29, 1.82) is 0 Å². The van der Waals surface area contributed by atoms with Gasteiger partial charge in [-0.25, -0.2) is 0 Å². The highest BCUT2D eigenvalue weighted by atomic mass is 16.4. The van der Waals surface area contributed by atoms with Crippen LogP contribution in [-0.4, -0.2) is 16.6 Å². The largest absolute Gasteiger partial charge is 0.432 e. The fraction of sp³-hybridized carbons (Fsp3) is 0.727. The lowest BCUT2D eigenvalue weighted by Crippen LogP contribution is -2.35. The Morgan fingerprint density at radius 1 is 1.47 bits per heavy atom. The maximum atomic E-state index is 5.32. The molecule has 0 unspecified atom stereocenters. The molecule has 0 saturated heterocycles. The molecule has 4 nitrogen and oxygen atoms in total. The highest BCUT2D eigenvalue weighted by Gasteiger charge is 2.22. The standard InChI is InChI=1S/C11H19N3O/c1-11(2,3)12-6-9-7-15-10(14-9)13-8-4-5-8/h7-8,12H,4-6H2,1-3H3,(H,13,14). The zero-order chi connectivity index (χ0) is 10.9. The Morgan fingerprint density at radius 2 is 2.20 bits per heavy atom. The third-order valence-electron chi connectivity index (χ3n) is 2.26. The van der Waals surface area contributed by atoms with Gasteiger partial charge in [-0.2, -0.15) is 4.98 Å². The summed E-state index contributed by atoms with van der Waals surface area (Å²) >= 11 is 0. The fourth-order valence-electron chi connectivity index (χ4n) is 1.21. The molecule has 15 heavy (non-hydrogen) atoms. The molecule has 1 fully saturated rings. The maximum Gasteiger partial charge on any atom is 0.294 e. The highest BCUT2D eigenvalue weighted by Crippen LogP contribution is 2.24. The molecule has 4 heteroatoms. The van der Waals surface area contributed by atoms with Crippen molar-refractivity contribution in [3.8, 4) is 0 Å². The molecule has 1 aliphatic carbocycles. The van der Waals surface area contributed by atoms with Crippen molar-refractivity contribution < 1.29 is 4.42 Å². The van der Waals surface area contributed by atoms with E-state index in [9.17, 15) is 0 Å². The Balaban J connectivity index is 1.83. The number of rotatable bonds is 4. The molecular weight excluding hydrogens is 190 g/mol. The van der Waals surface area contributed by atoms with Gasteiger partial charge in [0.2, 0.25) is 0 Å². The molecular formula is C11H19N3O. The molecule has 84 valence electrons. The Bertz CT molecular complexity index is 323. The number of nitrogens with one attached hydrogen (secondary N) is 2. The molecule has 0 aromatic carbocycles. The summed E-state index contributed by atoms with van der Waals surface area (Å²) < 4.78 is 5.32. The van der Waals surface area contributed by atoms with Crippen LogP contribution in [0.15, 0.2) is 10.7 Å². The predicted molar refractivity (Wildman–Crippen MR) is 59.7 cm³/mol. The van der Waals surface area contributed by atoms with E-state index in [-0.39, 0.29) is 5.54 Å². The van der Waals surface area contributed by atoms with Crippen LogP contribution in [0.3, 0.4) is 0 Å². The summed E-state index contributed by atoms with van der Waals surface area (Å²) in [5.74, 6) is 0. The Labute approximate surface area is 90.5 Å². The van der Waals surface area contributed by atoms with Crippen molar-refractivity contribution in [2.45, 2.75) is 51.7 Å². The maximum absolute atomic E-state index is 5.32. The summed E-state index contributed by atoms with van der Waals surface area (Å²) in [6, 6.07) is 1.25. The van der Waals surface area contributed by atoms with E-state index in [1.807, 2.05) is 0 Å². The molecule has 2 N–H and O–H groups in total. The minimum absolute atomic E-state index is 0.114. The summed E-state index contributed by atoms with van der Waals surface area (Å²) in [6.07, 6.45) is 4.18. The Morgan fingerprint density at radius 3 is 2.80 bits per heavy atom. The van der Waals surface area contributed by atoms with Crippen LogP contribution >= 0.6 is 0 Å². The normalized spacial score (nSPS) is 16.7. The summed E-state index contributed by atoms with van der Waals surface area (Å²) in [4.78, 5) is 4.35. The molecule has 0 bridgehead atoms. The van der Waals surface area contributed by atoms with Crippen LogP contribution < -0.4 is 10.6 Å². The quantitative estimate of drug-likeness (QED) is 0.797. The third-order valence-corrected chi connectivity index (χ3v) is 2.26. The summed E-state index contributed by atoms with van der Waals surface area (Å²) in [5, 5.41) is 6.60. The number of oxazole rings is 1. The summed E-state index contributed by atoms with van der Waals surface area (Å²) in [5.41, 5.74) is 1.07. The van der Waals surface area contributed by atoms with E-state index >= 15 is 0 Å². The predicted octanol–water partition coefficient (Wildman–Crippen LogP) is 2.14. The second-order valence-electron chi connectivity index (χ2n) is 5.17. The van der Waals surface area contributed by atoms with Gasteiger partial charge < -0.3 is 15.1 Å². The van der Waals surface area contributed by atoms with Crippen molar-refractivity contribution in [3.05, 3.63) is 12.0 Å². The number of nitrogens with zero attached hydrogens (tertiary/aromatic N) is 1. The van der Waals surface area contributed by atoms with Gasteiger partial charge in [0, 0.05) is 18.1 Å². The average molecular weight is 209 g/mol. The van der Waals surface area contributed by atoms with E-state index in [2.05, 4.69) is 36.4 Å². The van der Waals surface area contributed by atoms with Gasteiger partial charge in [-0.05, 0) is 33.6 Å². The van der Waals surface area contributed by atoms with Gasteiger partial charge >= 0.3 is 0 Å². The zero-order valence-corrected chi connectivity index (χ0v) is 9.63. The van der Waals surface area contributed by atoms with Gasteiger partial charge in [0.25, 0.3) is 6.01 Å². The smallest absolute Gasteiger partial charge is 0.294 e. The minimum Gasteiger partial charge on any atom is -0.432 e. The average Bonchev–Trinajstić information content (AvgIpc) is 2.79. The van der Waals surface area contributed by atoms with Crippen LogP contribution in [0.2, 0.25) is 0 Å². The summed E-state index contributed by atoms with van der Waals surface area (Å²) in [6.45, 7) is 7.16. The number of hydrogen-bond acceptors (Lipinski definition) is 4. The van der Waals surface area contributed by atoms with Crippen LogP contribution in [0.5, 0.6) is 0 Å². The topological polar surface area (TPSA) is 50.1 Å². The van der Waals surface area contributed by atoms with E-state index in [1.54, 1.807) is 6.26 Å². The first-order valence-electron chi connectivity index (χ1n) is 5.49. The van der Waals surface area contributed by atoms with Crippen molar-refractivity contribution in [1.82, 2.24) is 10.3 Å². The second kappa shape index (κ2) is 3.85. The molecule has 1 aromatic heterocycles. The van der Waals surface area contributed by atoms with E-state index in [4.69, 9.17) is 4.42 Å². The van der Waals surface area contributed by atoms with Crippen LogP contribution in [-0.2, 0) is 6.54 Å². The minimum atomic E-state index is 0.114. The zero-order valence-electron chi connectivity index (χ0n) is 9.63. The molecule has 1 aromatic rings. The number of anilines is 1. The van der Waals surface area contributed by atoms with Gasteiger partial charge in [0.15, 0.2) is 0 Å². The molecule has 0 amide bonds. The number of aromatic nitrogens is 1. The van der Waals surface area contributed by atoms with Crippen LogP contribution in [0.4, 0.5) is 6.01 Å². The first kappa shape index (κ1) is 10.5. The van der Waals surface area contributed by atoms with Crippen LogP contribution in [0.1, 0.15) is 39.3 Å². The molecule has 0 spiro atoms. The Kier molecular flexibility index (Phi) is 2.69. The first-order valence-corrected chi connectivity index (χ1v) is 5.49. The first-order chi connectivity index (χ1) is 7.03. The molecule has 2 rings (SSSR count). The molecule has 1 aliphatic rings. The van der Waals surface area contributed by atoms with Gasteiger partial charge in [-0.3, -0.25) is 0 Å². The van der Waals surface area contributed by atoms with E-state index in [1.165, 1.54) is 12.8 Å². The lowest BCUT2D eigenvalue weighted by molar-refractivity contribution is 0.421. The molecule has 0 radical (unpaired) electrons. The van der Waals surface area contributed by atoms with Crippen LogP contribution in [0.25, 0.3) is 0 Å². The summed E-state index contributed by atoms with van der Waals surface area (Å²) in [7, 11) is 0. The monoisotopic (exact) mass is 209 g/mol.